The highest BCUT2D eigenvalue weighted by Gasteiger charge is 2.61. The minimum absolute atomic E-state index is 0.0300. The van der Waals surface area contributed by atoms with E-state index in [1.54, 1.807) is 0 Å². The summed E-state index contributed by atoms with van der Waals surface area (Å²) in [5, 5.41) is 24.8. The first-order valence-electron chi connectivity index (χ1n) is 12.6. The molecule has 16 heteroatoms. The maximum absolute atomic E-state index is 12.2. The molecule has 2 saturated carbocycles. The zero-order chi connectivity index (χ0) is 27.8. The van der Waals surface area contributed by atoms with E-state index in [1.165, 1.54) is 17.3 Å². The second kappa shape index (κ2) is 9.46. The third-order valence-corrected chi connectivity index (χ3v) is 13.6. The monoisotopic (exact) mass is 593 g/mol. The van der Waals surface area contributed by atoms with Gasteiger partial charge in [-0.1, -0.05) is 20.8 Å². The lowest BCUT2D eigenvalue weighted by molar-refractivity contribution is -0.0354. The first kappa shape index (κ1) is 28.4. The van der Waals surface area contributed by atoms with Crippen LogP contribution in [0.15, 0.2) is 6.33 Å². The number of halogens is 1. The van der Waals surface area contributed by atoms with Crippen LogP contribution in [-0.2, 0) is 13.9 Å². The molecule has 212 valence electrons. The Labute approximate surface area is 224 Å². The van der Waals surface area contributed by atoms with E-state index in [0.717, 1.165) is 12.8 Å². The number of anilines is 1. The van der Waals surface area contributed by atoms with Crippen molar-refractivity contribution in [1.82, 2.24) is 19.5 Å². The second-order valence-electron chi connectivity index (χ2n) is 11.7. The van der Waals surface area contributed by atoms with Gasteiger partial charge in [-0.3, -0.25) is 13.7 Å². The van der Waals surface area contributed by atoms with Gasteiger partial charge in [0.05, 0.1) is 12.4 Å². The van der Waals surface area contributed by atoms with Gasteiger partial charge in [-0.25, -0.2) is 4.98 Å². The molecule has 5 rings (SSSR count). The second-order valence-corrected chi connectivity index (χ2v) is 16.6. The molecule has 0 amide bonds. The van der Waals surface area contributed by atoms with Crippen molar-refractivity contribution in [3.05, 3.63) is 11.6 Å². The van der Waals surface area contributed by atoms with Crippen LogP contribution >= 0.6 is 26.6 Å². The number of aliphatic hydroxyl groups is 2. The van der Waals surface area contributed by atoms with E-state index < -0.39 is 51.6 Å². The van der Waals surface area contributed by atoms with Gasteiger partial charge in [-0.2, -0.15) is 9.97 Å². The van der Waals surface area contributed by atoms with E-state index in [1.807, 2.05) is 0 Å². The van der Waals surface area contributed by atoms with Crippen molar-refractivity contribution in [2.75, 3.05) is 17.4 Å². The number of rotatable bonds is 8. The molecule has 6 unspecified atom stereocenters. The molecule has 2 aromatic rings. The molecule has 2 aliphatic carbocycles. The molecule has 1 aliphatic heterocycles. The predicted octanol–water partition coefficient (Wildman–Crippen LogP) is 2.52. The summed E-state index contributed by atoms with van der Waals surface area (Å²) in [6, 6.07) is 0.164. The number of aromatic nitrogens is 4. The molecule has 13 nitrogen and oxygen atoms in total. The van der Waals surface area contributed by atoms with Crippen molar-refractivity contribution >= 4 is 43.5 Å². The molecule has 3 aliphatic rings. The topological polar surface area (TPSA) is 200 Å². The standard InChI is InChI=1S/C22H34ClN5O8P2/c1-21(2)11-4-6-22(21,3)13(8-11)25-17-14-18(27-20(23)26-17)28(9-24-14)19-16(30)15(29)12(36-19)5-7-37(31,32)10-38(33,34)35/h9,11-13,15-16,19,29-30H,4-8,10H2,1-3H3,(H,31,32)(H,25,26,27)(H2,33,34,35)/t11-,12?,13?,15?,16?,19?,22+/m1/s1. The number of hydrogen-bond acceptors (Lipinski definition) is 9. The first-order chi connectivity index (χ1) is 17.5. The molecule has 8 atom stereocenters. The number of aliphatic hydroxyl groups excluding tert-OH is 2. The van der Waals surface area contributed by atoms with Crippen LogP contribution in [0, 0.1) is 16.7 Å². The van der Waals surface area contributed by atoms with E-state index in [4.69, 9.17) is 26.1 Å². The van der Waals surface area contributed by atoms with Crippen molar-refractivity contribution < 1.29 is 38.8 Å². The van der Waals surface area contributed by atoms with Crippen LogP contribution in [0.5, 0.6) is 0 Å². The molecule has 1 saturated heterocycles. The van der Waals surface area contributed by atoms with Crippen molar-refractivity contribution in [2.45, 2.75) is 77.0 Å². The normalized spacial score (nSPS) is 36.1. The summed E-state index contributed by atoms with van der Waals surface area (Å²) in [4.78, 5) is 41.1. The van der Waals surface area contributed by atoms with E-state index >= 15 is 0 Å². The van der Waals surface area contributed by atoms with Gasteiger partial charge in [0.1, 0.15) is 18.1 Å². The SMILES string of the molecule is CC1(C)[C@@H]2CC[C@@]1(C)C(Nc1nc(Cl)nc3c1ncn3C1OC(CCP(=O)(O)CP(=O)(O)O)C(O)C1O)C2. The summed E-state index contributed by atoms with van der Waals surface area (Å²) in [6.07, 6.45) is -1.02. The number of ether oxygens (including phenoxy) is 1. The van der Waals surface area contributed by atoms with Crippen LogP contribution in [0.1, 0.15) is 52.7 Å². The number of imidazole rings is 1. The summed E-state index contributed by atoms with van der Waals surface area (Å²) in [5.74, 6) is -0.0901. The zero-order valence-electron chi connectivity index (χ0n) is 21.3. The molecule has 6 N–H and O–H groups in total. The molecule has 38 heavy (non-hydrogen) atoms. The fraction of sp³-hybridized carbons (Fsp3) is 0.773. The predicted molar refractivity (Wildman–Crippen MR) is 139 cm³/mol. The largest absolute Gasteiger partial charge is 0.388 e. The highest BCUT2D eigenvalue weighted by atomic mass is 35.5. The van der Waals surface area contributed by atoms with Gasteiger partial charge in [-0.15, -0.1) is 0 Å². The van der Waals surface area contributed by atoms with Crippen LogP contribution in [0.3, 0.4) is 0 Å². The minimum atomic E-state index is -4.70. The molecule has 3 fully saturated rings. The van der Waals surface area contributed by atoms with E-state index in [9.17, 15) is 24.2 Å². The average Bonchev–Trinajstić information content (AvgIpc) is 3.44. The quantitative estimate of drug-likeness (QED) is 0.193. The Balaban J connectivity index is 1.37. The summed E-state index contributed by atoms with van der Waals surface area (Å²) >= 11 is 6.28. The highest BCUT2D eigenvalue weighted by Crippen LogP contribution is 2.66. The lowest BCUT2D eigenvalue weighted by Crippen LogP contribution is -2.40. The third kappa shape index (κ3) is 4.84. The molecule has 0 spiro atoms. The molecular weight excluding hydrogens is 560 g/mol. The Bertz CT molecular complexity index is 1340. The van der Waals surface area contributed by atoms with E-state index in [2.05, 4.69) is 41.0 Å². The molecule has 2 bridgehead atoms. The zero-order valence-corrected chi connectivity index (χ0v) is 23.9. The number of fused-ring (bicyclic) bond motifs is 3. The number of hydrogen-bond donors (Lipinski definition) is 6. The van der Waals surface area contributed by atoms with Crippen LogP contribution in [0.2, 0.25) is 5.28 Å². The maximum atomic E-state index is 12.2. The van der Waals surface area contributed by atoms with Gasteiger partial charge in [0.2, 0.25) is 12.7 Å². The summed E-state index contributed by atoms with van der Waals surface area (Å²) in [6.45, 7) is 6.92. The number of nitrogens with zero attached hydrogens (tertiary/aromatic N) is 4. The van der Waals surface area contributed by atoms with Gasteiger partial charge in [0.25, 0.3) is 0 Å². The Morgan fingerprint density at radius 2 is 1.89 bits per heavy atom. The lowest BCUT2D eigenvalue weighted by atomic mass is 9.69. The number of nitrogens with one attached hydrogen (secondary N) is 1. The average molecular weight is 594 g/mol. The molecular formula is C22H34ClN5O8P2. The summed E-state index contributed by atoms with van der Waals surface area (Å²) in [7, 11) is -8.88. The molecule has 2 aromatic heterocycles. The Morgan fingerprint density at radius 3 is 2.50 bits per heavy atom. The summed E-state index contributed by atoms with van der Waals surface area (Å²) < 4.78 is 30.6. The molecule has 0 radical (unpaired) electrons. The smallest absolute Gasteiger partial charge is 0.335 e. The van der Waals surface area contributed by atoms with Gasteiger partial charge >= 0.3 is 7.60 Å². The Morgan fingerprint density at radius 1 is 1.18 bits per heavy atom. The van der Waals surface area contributed by atoms with Gasteiger partial charge < -0.3 is 34.9 Å². The van der Waals surface area contributed by atoms with Gasteiger partial charge in [-0.05, 0) is 54.0 Å². The van der Waals surface area contributed by atoms with Gasteiger partial charge in [0.15, 0.2) is 23.2 Å². The Hall–Kier alpha value is -1.14. The fourth-order valence-corrected chi connectivity index (χ4v) is 10.3. The fourth-order valence-electron chi connectivity index (χ4n) is 6.65. The minimum Gasteiger partial charge on any atom is -0.388 e. The maximum Gasteiger partial charge on any atom is 0.335 e. The summed E-state index contributed by atoms with van der Waals surface area (Å²) in [5.41, 5.74) is 0.953. The first-order valence-corrected chi connectivity index (χ1v) is 16.8. The third-order valence-electron chi connectivity index (χ3n) is 9.28. The van der Waals surface area contributed by atoms with Crippen molar-refractivity contribution in [3.63, 3.8) is 0 Å². The van der Waals surface area contributed by atoms with Gasteiger partial charge in [0, 0.05) is 12.2 Å². The van der Waals surface area contributed by atoms with E-state index in [-0.39, 0.29) is 34.2 Å². The van der Waals surface area contributed by atoms with Crippen LogP contribution in [0.4, 0.5) is 5.82 Å². The molecule has 0 aromatic carbocycles. The lowest BCUT2D eigenvalue weighted by Gasteiger charge is -2.39. The van der Waals surface area contributed by atoms with E-state index in [0.29, 0.717) is 17.3 Å². The van der Waals surface area contributed by atoms with Crippen LogP contribution in [-0.4, -0.2) is 80.8 Å². The highest BCUT2D eigenvalue weighted by molar-refractivity contribution is 7.72. The Kier molecular flexibility index (Phi) is 7.07. The van der Waals surface area contributed by atoms with Crippen LogP contribution < -0.4 is 5.32 Å². The van der Waals surface area contributed by atoms with Crippen molar-refractivity contribution in [2.24, 2.45) is 16.7 Å². The van der Waals surface area contributed by atoms with Crippen LogP contribution in [0.25, 0.3) is 11.2 Å². The van der Waals surface area contributed by atoms with Crippen molar-refractivity contribution in [1.29, 1.82) is 0 Å². The van der Waals surface area contributed by atoms with Crippen molar-refractivity contribution in [3.8, 4) is 0 Å². The molecule has 3 heterocycles.